The van der Waals surface area contributed by atoms with Crippen molar-refractivity contribution in [2.24, 2.45) is 4.99 Å². The van der Waals surface area contributed by atoms with Crippen LogP contribution >= 0.6 is 0 Å². The first kappa shape index (κ1) is 28.0. The number of fused-ring (bicyclic) bond motifs is 1. The van der Waals surface area contributed by atoms with Crippen molar-refractivity contribution in [3.8, 4) is 0 Å². The molecule has 0 spiro atoms. The van der Waals surface area contributed by atoms with Gasteiger partial charge >= 0.3 is 5.97 Å². The van der Waals surface area contributed by atoms with Gasteiger partial charge in [0.05, 0.1) is 36.0 Å². The van der Waals surface area contributed by atoms with Crippen LogP contribution in [0.1, 0.15) is 40.2 Å². The van der Waals surface area contributed by atoms with Gasteiger partial charge in [0.2, 0.25) is 21.8 Å². The Balaban J connectivity index is 1.49. The van der Waals surface area contributed by atoms with E-state index in [1.807, 2.05) is 30.3 Å². The van der Waals surface area contributed by atoms with Gasteiger partial charge in [0.1, 0.15) is 12.5 Å². The maximum absolute atomic E-state index is 13.2. The number of benzene rings is 3. The predicted molar refractivity (Wildman–Crippen MR) is 156 cm³/mol. The van der Waals surface area contributed by atoms with Gasteiger partial charge < -0.3 is 15.0 Å². The van der Waals surface area contributed by atoms with Gasteiger partial charge in [0.15, 0.2) is 0 Å². The highest BCUT2D eigenvalue weighted by atomic mass is 32.2. The van der Waals surface area contributed by atoms with E-state index in [0.717, 1.165) is 29.0 Å². The molecule has 0 aliphatic carbocycles. The summed E-state index contributed by atoms with van der Waals surface area (Å²) in [5, 5.41) is 2.85. The van der Waals surface area contributed by atoms with Crippen LogP contribution in [0.4, 0.5) is 17.1 Å². The molecular formula is C30H30N4O6S. The molecule has 2 aliphatic rings. The molecule has 10 nitrogen and oxygen atoms in total. The first-order valence-corrected chi connectivity index (χ1v) is 15.0. The Kier molecular flexibility index (Phi) is 7.89. The highest BCUT2D eigenvalue weighted by molar-refractivity contribution is 7.92. The Morgan fingerprint density at radius 3 is 2.32 bits per heavy atom. The number of rotatable bonds is 8. The zero-order valence-corrected chi connectivity index (χ0v) is 23.6. The van der Waals surface area contributed by atoms with Crippen molar-refractivity contribution >= 4 is 50.6 Å². The summed E-state index contributed by atoms with van der Waals surface area (Å²) < 4.78 is 31.1. The first-order chi connectivity index (χ1) is 19.7. The van der Waals surface area contributed by atoms with Crippen LogP contribution in [0.3, 0.4) is 0 Å². The summed E-state index contributed by atoms with van der Waals surface area (Å²) in [7, 11) is -2.43. The molecule has 41 heavy (non-hydrogen) atoms. The molecule has 1 N–H and O–H groups in total. The average molecular weight is 575 g/mol. The third-order valence-corrected chi connectivity index (χ3v) is 8.31. The Labute approximate surface area is 238 Å². The van der Waals surface area contributed by atoms with E-state index in [2.05, 4.69) is 5.32 Å². The van der Waals surface area contributed by atoms with Crippen LogP contribution in [0.2, 0.25) is 0 Å². The number of nitrogens with one attached hydrogen (secondary N) is 1. The van der Waals surface area contributed by atoms with Gasteiger partial charge in [-0.2, -0.15) is 0 Å². The summed E-state index contributed by atoms with van der Waals surface area (Å²) in [6.07, 6.45) is 2.90. The normalized spacial score (nSPS) is 16.7. The molecule has 2 aliphatic heterocycles. The molecular weight excluding hydrogens is 544 g/mol. The number of likely N-dealkylation sites (tertiary alicyclic amines) is 1. The van der Waals surface area contributed by atoms with Gasteiger partial charge in [-0.05, 0) is 60.4 Å². The van der Waals surface area contributed by atoms with Gasteiger partial charge in [-0.25, -0.2) is 13.2 Å². The van der Waals surface area contributed by atoms with Gasteiger partial charge in [-0.1, -0.05) is 36.4 Å². The van der Waals surface area contributed by atoms with E-state index in [1.165, 1.54) is 7.11 Å². The number of carbonyl (C=O) groups excluding carboxylic acids is 3. The number of methoxy groups -OCH3 is 1. The fourth-order valence-electron chi connectivity index (χ4n) is 5.11. The number of sulfonamides is 1. The van der Waals surface area contributed by atoms with Crippen molar-refractivity contribution in [3.05, 3.63) is 89.5 Å². The summed E-state index contributed by atoms with van der Waals surface area (Å²) >= 11 is 0. The van der Waals surface area contributed by atoms with Crippen LogP contribution in [0, 0.1) is 0 Å². The maximum Gasteiger partial charge on any atom is 0.337 e. The van der Waals surface area contributed by atoms with Gasteiger partial charge in [-0.3, -0.25) is 18.9 Å². The van der Waals surface area contributed by atoms with Gasteiger partial charge in [-0.15, -0.1) is 0 Å². The highest BCUT2D eigenvalue weighted by Gasteiger charge is 2.36. The lowest BCUT2D eigenvalue weighted by atomic mass is 9.90. The number of nitrogens with zero attached hydrogens (tertiary/aromatic N) is 3. The largest absolute Gasteiger partial charge is 0.465 e. The molecule has 1 unspecified atom stereocenters. The molecule has 0 aromatic heterocycles. The topological polar surface area (TPSA) is 125 Å². The van der Waals surface area contributed by atoms with Crippen molar-refractivity contribution in [2.75, 3.05) is 42.6 Å². The minimum Gasteiger partial charge on any atom is -0.465 e. The summed E-state index contributed by atoms with van der Waals surface area (Å²) in [5.74, 6) is -1.77. The van der Waals surface area contributed by atoms with E-state index in [-0.39, 0.29) is 18.4 Å². The summed E-state index contributed by atoms with van der Waals surface area (Å²) in [6, 6.07) is 20.7. The second-order valence-corrected chi connectivity index (χ2v) is 11.9. The van der Waals surface area contributed by atoms with Crippen molar-refractivity contribution in [2.45, 2.75) is 18.8 Å². The quantitative estimate of drug-likeness (QED) is 0.323. The molecule has 1 saturated heterocycles. The molecule has 11 heteroatoms. The van der Waals surface area contributed by atoms with Crippen LogP contribution in [-0.2, 0) is 24.3 Å². The van der Waals surface area contributed by atoms with Gasteiger partial charge in [0, 0.05) is 18.8 Å². The van der Waals surface area contributed by atoms with Crippen molar-refractivity contribution in [1.82, 2.24) is 4.90 Å². The number of ether oxygens (including phenoxy) is 1. The minimum atomic E-state index is -3.72. The van der Waals surface area contributed by atoms with Crippen LogP contribution < -0.4 is 9.62 Å². The van der Waals surface area contributed by atoms with E-state index < -0.39 is 21.9 Å². The monoisotopic (exact) mass is 574 g/mol. The van der Waals surface area contributed by atoms with E-state index in [9.17, 15) is 22.8 Å². The number of aliphatic imine (C=N–C) groups is 1. The number of hydrogen-bond donors (Lipinski definition) is 1. The molecule has 0 radical (unpaired) electrons. The summed E-state index contributed by atoms with van der Waals surface area (Å²) in [6.45, 7) is 0.992. The third kappa shape index (κ3) is 5.99. The Morgan fingerprint density at radius 2 is 1.68 bits per heavy atom. The molecule has 3 aromatic carbocycles. The summed E-state index contributed by atoms with van der Waals surface area (Å²) in [4.78, 5) is 44.5. The van der Waals surface area contributed by atoms with Crippen LogP contribution in [0.5, 0.6) is 0 Å². The lowest BCUT2D eigenvalue weighted by Gasteiger charge is -2.25. The third-order valence-electron chi connectivity index (χ3n) is 7.17. The van der Waals surface area contributed by atoms with Crippen molar-refractivity contribution in [1.29, 1.82) is 0 Å². The van der Waals surface area contributed by atoms with E-state index in [4.69, 9.17) is 9.73 Å². The molecule has 0 bridgehead atoms. The zero-order valence-electron chi connectivity index (χ0n) is 22.7. The summed E-state index contributed by atoms with van der Waals surface area (Å²) in [5.41, 5.74) is 3.57. The number of anilines is 2. The molecule has 212 valence electrons. The lowest BCUT2D eigenvalue weighted by molar-refractivity contribution is -0.128. The predicted octanol–water partition coefficient (Wildman–Crippen LogP) is 3.72. The Hall–Kier alpha value is -4.51. The molecule has 1 fully saturated rings. The Bertz CT molecular complexity index is 1610. The maximum atomic E-state index is 13.2. The number of amides is 2. The van der Waals surface area contributed by atoms with Crippen molar-refractivity contribution in [3.63, 3.8) is 0 Å². The second-order valence-electron chi connectivity index (χ2n) is 9.95. The second kappa shape index (κ2) is 11.5. The average Bonchev–Trinajstić information content (AvgIpc) is 3.62. The van der Waals surface area contributed by atoms with E-state index in [1.54, 1.807) is 47.4 Å². The van der Waals surface area contributed by atoms with Crippen LogP contribution in [0.15, 0.2) is 77.8 Å². The van der Waals surface area contributed by atoms with E-state index >= 15 is 0 Å². The number of hydrogen-bond acceptors (Lipinski definition) is 7. The minimum absolute atomic E-state index is 0.234. The number of carbonyl (C=O) groups is 3. The fourth-order valence-corrected chi connectivity index (χ4v) is 5.95. The van der Waals surface area contributed by atoms with Crippen LogP contribution in [0.25, 0.3) is 0 Å². The molecule has 0 saturated carbocycles. The molecule has 2 amide bonds. The van der Waals surface area contributed by atoms with Gasteiger partial charge in [0.25, 0.3) is 0 Å². The molecule has 2 heterocycles. The van der Waals surface area contributed by atoms with Crippen molar-refractivity contribution < 1.29 is 27.5 Å². The fraction of sp³-hybridized carbons (Fsp3) is 0.267. The number of esters is 1. The standard InChI is InChI=1S/C30H30N4O6S/c1-40-30(37)21-10-15-24-25(18-21)32-29(36)27(24)28(20-8-4-3-5-9-20)31-22-11-13-23(14-12-22)34(41(2,38)39)19-26(35)33-16-6-7-17-33/h3-5,8-15,18,27H,6-7,16-17,19H2,1-2H3,(H,32,36). The highest BCUT2D eigenvalue weighted by Crippen LogP contribution is 2.37. The molecule has 3 aromatic rings. The van der Waals surface area contributed by atoms with E-state index in [0.29, 0.717) is 47.0 Å². The smallest absolute Gasteiger partial charge is 0.337 e. The van der Waals surface area contributed by atoms with Crippen LogP contribution in [-0.4, -0.2) is 69.8 Å². The SMILES string of the molecule is COC(=O)c1ccc2c(c1)NC(=O)C2C(=Nc1ccc(N(CC(=O)N2CCCC2)S(C)(=O)=O)cc1)c1ccccc1. The first-order valence-electron chi connectivity index (χ1n) is 13.2. The zero-order chi connectivity index (χ0) is 29.1. The Morgan fingerprint density at radius 1 is 1.00 bits per heavy atom. The molecule has 1 atom stereocenters. The molecule has 5 rings (SSSR count). The lowest BCUT2D eigenvalue weighted by Crippen LogP contribution is -2.41.